The molecule has 0 saturated carbocycles. The van der Waals surface area contributed by atoms with Crippen LogP contribution in [0.25, 0.3) is 0 Å². The van der Waals surface area contributed by atoms with Crippen molar-refractivity contribution in [1.29, 1.82) is 0 Å². The van der Waals surface area contributed by atoms with Crippen molar-refractivity contribution in [1.82, 2.24) is 0 Å². The molecule has 82 valence electrons. The lowest BCUT2D eigenvalue weighted by Gasteiger charge is -2.09. The van der Waals surface area contributed by atoms with Crippen LogP contribution in [0.2, 0.25) is 0 Å². The summed E-state index contributed by atoms with van der Waals surface area (Å²) in [6.45, 7) is -0.0539. The van der Waals surface area contributed by atoms with Crippen molar-refractivity contribution < 1.29 is 19.4 Å². The highest BCUT2D eigenvalue weighted by Crippen LogP contribution is 2.16. The number of aliphatic carboxylic acids is 1. The number of nitrogens with two attached hydrogens (primary N) is 1. The topological polar surface area (TPSA) is 81.8 Å². The van der Waals surface area contributed by atoms with E-state index in [1.54, 1.807) is 31.4 Å². The summed E-state index contributed by atoms with van der Waals surface area (Å²) in [6, 6.07) is 5.82. The van der Waals surface area contributed by atoms with Crippen LogP contribution in [0.5, 0.6) is 11.5 Å². The predicted molar refractivity (Wildman–Crippen MR) is 54.1 cm³/mol. The lowest BCUT2D eigenvalue weighted by molar-refractivity contribution is -0.139. The van der Waals surface area contributed by atoms with Crippen molar-refractivity contribution in [3.8, 4) is 11.5 Å². The van der Waals surface area contributed by atoms with E-state index in [1.807, 2.05) is 0 Å². The van der Waals surface area contributed by atoms with E-state index in [-0.39, 0.29) is 6.61 Å². The molecule has 1 unspecified atom stereocenters. The van der Waals surface area contributed by atoms with Crippen LogP contribution < -0.4 is 15.2 Å². The molecule has 0 radical (unpaired) electrons. The first-order valence-corrected chi connectivity index (χ1v) is 4.38. The van der Waals surface area contributed by atoms with Crippen molar-refractivity contribution in [2.45, 2.75) is 6.04 Å². The van der Waals surface area contributed by atoms with Crippen LogP contribution in [0, 0.1) is 0 Å². The van der Waals surface area contributed by atoms with E-state index in [0.717, 1.165) is 0 Å². The Balaban J connectivity index is 2.47. The molecule has 3 N–H and O–H groups in total. The molecular formula is C10H13NO4. The van der Waals surface area contributed by atoms with Crippen LogP contribution in [0.4, 0.5) is 0 Å². The van der Waals surface area contributed by atoms with Gasteiger partial charge in [0.15, 0.2) is 0 Å². The SMILES string of the molecule is COc1ccc(OCC(N)C(=O)O)cc1. The normalized spacial score (nSPS) is 11.9. The maximum atomic E-state index is 10.4. The van der Waals surface area contributed by atoms with Crippen LogP contribution in [0.15, 0.2) is 24.3 Å². The number of ether oxygens (including phenoxy) is 2. The van der Waals surface area contributed by atoms with Crippen molar-refractivity contribution in [2.24, 2.45) is 5.73 Å². The molecule has 1 rings (SSSR count). The third kappa shape index (κ3) is 3.47. The van der Waals surface area contributed by atoms with E-state index in [0.29, 0.717) is 11.5 Å². The third-order valence-corrected chi connectivity index (χ3v) is 1.81. The van der Waals surface area contributed by atoms with Crippen molar-refractivity contribution >= 4 is 5.97 Å². The van der Waals surface area contributed by atoms with E-state index in [2.05, 4.69) is 0 Å². The summed E-state index contributed by atoms with van der Waals surface area (Å²) >= 11 is 0. The Hall–Kier alpha value is -1.75. The van der Waals surface area contributed by atoms with E-state index in [1.165, 1.54) is 0 Å². The van der Waals surface area contributed by atoms with Gasteiger partial charge in [0, 0.05) is 0 Å². The number of hydrogen-bond acceptors (Lipinski definition) is 4. The fraction of sp³-hybridized carbons (Fsp3) is 0.300. The van der Waals surface area contributed by atoms with E-state index >= 15 is 0 Å². The van der Waals surface area contributed by atoms with Gasteiger partial charge < -0.3 is 20.3 Å². The minimum atomic E-state index is -1.08. The van der Waals surface area contributed by atoms with Crippen LogP contribution in [-0.2, 0) is 4.79 Å². The van der Waals surface area contributed by atoms with E-state index in [9.17, 15) is 4.79 Å². The molecule has 0 aliphatic rings. The van der Waals surface area contributed by atoms with Gasteiger partial charge in [-0.3, -0.25) is 4.79 Å². The molecule has 0 bridgehead atoms. The van der Waals surface area contributed by atoms with Gasteiger partial charge in [0.05, 0.1) is 7.11 Å². The lowest BCUT2D eigenvalue weighted by Crippen LogP contribution is -2.36. The Bertz CT molecular complexity index is 323. The highest BCUT2D eigenvalue weighted by molar-refractivity contribution is 5.73. The zero-order valence-electron chi connectivity index (χ0n) is 8.34. The smallest absolute Gasteiger partial charge is 0.324 e. The molecule has 0 spiro atoms. The fourth-order valence-electron chi connectivity index (χ4n) is 0.929. The standard InChI is InChI=1S/C10H13NO4/c1-14-7-2-4-8(5-3-7)15-6-9(11)10(12)13/h2-5,9H,6,11H2,1H3,(H,12,13). The number of rotatable bonds is 5. The summed E-state index contributed by atoms with van der Waals surface area (Å²) in [6.07, 6.45) is 0. The molecule has 5 heteroatoms. The lowest BCUT2D eigenvalue weighted by atomic mass is 10.3. The molecule has 5 nitrogen and oxygen atoms in total. The summed E-state index contributed by atoms with van der Waals surface area (Å²) < 4.78 is 10.1. The molecule has 1 aromatic carbocycles. The first-order chi connectivity index (χ1) is 7.13. The van der Waals surface area contributed by atoms with Crippen LogP contribution >= 0.6 is 0 Å². The van der Waals surface area contributed by atoms with Gasteiger partial charge in [-0.25, -0.2) is 0 Å². The number of carboxylic acid groups (broad SMARTS) is 1. The highest BCUT2D eigenvalue weighted by Gasteiger charge is 2.11. The molecule has 0 saturated heterocycles. The molecule has 1 aromatic rings. The fourth-order valence-corrected chi connectivity index (χ4v) is 0.929. The van der Waals surface area contributed by atoms with E-state index in [4.69, 9.17) is 20.3 Å². The molecule has 0 heterocycles. The molecule has 1 atom stereocenters. The van der Waals surface area contributed by atoms with Gasteiger partial charge in [-0.2, -0.15) is 0 Å². The molecule has 0 aromatic heterocycles. The number of carboxylic acids is 1. The zero-order valence-corrected chi connectivity index (χ0v) is 8.34. The Labute approximate surface area is 87.4 Å². The van der Waals surface area contributed by atoms with Crippen LogP contribution in [0.3, 0.4) is 0 Å². The summed E-state index contributed by atoms with van der Waals surface area (Å²) in [5.41, 5.74) is 5.27. The first kappa shape index (κ1) is 11.3. The molecule has 0 fully saturated rings. The van der Waals surface area contributed by atoms with Crippen molar-refractivity contribution in [3.63, 3.8) is 0 Å². The largest absolute Gasteiger partial charge is 0.497 e. The maximum Gasteiger partial charge on any atom is 0.324 e. The van der Waals surface area contributed by atoms with Gasteiger partial charge >= 0.3 is 5.97 Å². The Kier molecular flexibility index (Phi) is 3.93. The molecular weight excluding hydrogens is 198 g/mol. The number of carbonyl (C=O) groups is 1. The quantitative estimate of drug-likeness (QED) is 0.740. The number of hydrogen-bond donors (Lipinski definition) is 2. The highest BCUT2D eigenvalue weighted by atomic mass is 16.5. The summed E-state index contributed by atoms with van der Waals surface area (Å²) in [5.74, 6) is 0.195. The van der Waals surface area contributed by atoms with Crippen molar-refractivity contribution in [3.05, 3.63) is 24.3 Å². The Morgan fingerprint density at radius 2 is 1.93 bits per heavy atom. The van der Waals surface area contributed by atoms with Gasteiger partial charge in [0.1, 0.15) is 24.1 Å². The second kappa shape index (κ2) is 5.21. The summed E-state index contributed by atoms with van der Waals surface area (Å²) in [4.78, 5) is 10.4. The summed E-state index contributed by atoms with van der Waals surface area (Å²) in [7, 11) is 1.57. The minimum Gasteiger partial charge on any atom is -0.497 e. The van der Waals surface area contributed by atoms with Gasteiger partial charge in [-0.15, -0.1) is 0 Å². The van der Waals surface area contributed by atoms with Crippen LogP contribution in [-0.4, -0.2) is 30.8 Å². The molecule has 0 aliphatic heterocycles. The Morgan fingerprint density at radius 3 is 2.40 bits per heavy atom. The van der Waals surface area contributed by atoms with E-state index < -0.39 is 12.0 Å². The summed E-state index contributed by atoms with van der Waals surface area (Å²) in [5, 5.41) is 8.52. The van der Waals surface area contributed by atoms with Gasteiger partial charge in [0.25, 0.3) is 0 Å². The van der Waals surface area contributed by atoms with Crippen molar-refractivity contribution in [2.75, 3.05) is 13.7 Å². The minimum absolute atomic E-state index is 0.0539. The first-order valence-electron chi connectivity index (χ1n) is 4.38. The number of benzene rings is 1. The average molecular weight is 211 g/mol. The molecule has 0 amide bonds. The zero-order chi connectivity index (χ0) is 11.3. The second-order valence-electron chi connectivity index (χ2n) is 2.93. The number of methoxy groups -OCH3 is 1. The monoisotopic (exact) mass is 211 g/mol. The molecule has 0 aliphatic carbocycles. The second-order valence-corrected chi connectivity index (χ2v) is 2.93. The molecule has 15 heavy (non-hydrogen) atoms. The van der Waals surface area contributed by atoms with Gasteiger partial charge in [0.2, 0.25) is 0 Å². The maximum absolute atomic E-state index is 10.4. The van der Waals surface area contributed by atoms with Gasteiger partial charge in [-0.05, 0) is 24.3 Å². The van der Waals surface area contributed by atoms with Gasteiger partial charge in [-0.1, -0.05) is 0 Å². The van der Waals surface area contributed by atoms with Crippen LogP contribution in [0.1, 0.15) is 0 Å². The Morgan fingerprint density at radius 1 is 1.40 bits per heavy atom. The average Bonchev–Trinajstić information content (AvgIpc) is 2.26. The predicted octanol–water partition coefficient (Wildman–Crippen LogP) is 0.486. The third-order valence-electron chi connectivity index (χ3n) is 1.81.